The van der Waals surface area contributed by atoms with Crippen LogP contribution in [0.5, 0.6) is 0 Å². The van der Waals surface area contributed by atoms with Gasteiger partial charge in [0.05, 0.1) is 6.10 Å². The van der Waals surface area contributed by atoms with Gasteiger partial charge in [0, 0.05) is 25.0 Å². The van der Waals surface area contributed by atoms with Gasteiger partial charge in [-0.25, -0.2) is 4.79 Å². The van der Waals surface area contributed by atoms with Crippen molar-refractivity contribution < 1.29 is 9.90 Å². The fraction of sp³-hybridized carbons (Fsp3) is 0.333. The van der Waals surface area contributed by atoms with E-state index < -0.39 is 6.10 Å². The van der Waals surface area contributed by atoms with Crippen molar-refractivity contribution >= 4 is 17.4 Å². The van der Waals surface area contributed by atoms with Crippen LogP contribution in [0.3, 0.4) is 0 Å². The summed E-state index contributed by atoms with van der Waals surface area (Å²) in [5.74, 6) is 0. The van der Waals surface area contributed by atoms with Gasteiger partial charge in [-0.15, -0.1) is 11.3 Å². The molecule has 0 aliphatic rings. The Hall–Kier alpha value is -2.36. The molecule has 0 spiro atoms. The number of urea groups is 1. The smallest absolute Gasteiger partial charge is 0.317 e. The first-order chi connectivity index (χ1) is 11.5. The largest absolute Gasteiger partial charge is 0.393 e. The molecule has 0 saturated carbocycles. The van der Waals surface area contributed by atoms with Crippen LogP contribution in [0.2, 0.25) is 0 Å². The number of amides is 2. The van der Waals surface area contributed by atoms with E-state index in [1.165, 1.54) is 11.3 Å². The lowest BCUT2D eigenvalue weighted by molar-refractivity contribution is 0.163. The van der Waals surface area contributed by atoms with Crippen molar-refractivity contribution in [3.63, 3.8) is 0 Å². The molecule has 24 heavy (non-hydrogen) atoms. The number of aliphatic hydroxyl groups is 1. The number of carbonyl (C=O) groups excluding carboxylic acids is 1. The molecule has 1 unspecified atom stereocenters. The van der Waals surface area contributed by atoms with Gasteiger partial charge in [-0.3, -0.25) is 0 Å². The van der Waals surface area contributed by atoms with Crippen LogP contribution in [0.25, 0.3) is 10.4 Å². The Kier molecular flexibility index (Phi) is 6.36. The molecule has 0 aliphatic heterocycles. The van der Waals surface area contributed by atoms with Crippen LogP contribution in [-0.4, -0.2) is 35.7 Å². The van der Waals surface area contributed by atoms with E-state index in [-0.39, 0.29) is 6.03 Å². The van der Waals surface area contributed by atoms with Crippen molar-refractivity contribution in [3.05, 3.63) is 46.8 Å². The highest BCUT2D eigenvalue weighted by Gasteiger charge is 2.09. The number of hydrogen-bond donors (Lipinski definition) is 2. The predicted molar refractivity (Wildman–Crippen MR) is 95.6 cm³/mol. The van der Waals surface area contributed by atoms with E-state index in [9.17, 15) is 9.90 Å². The van der Waals surface area contributed by atoms with E-state index in [0.717, 1.165) is 16.0 Å². The lowest BCUT2D eigenvalue weighted by Gasteiger charge is -2.18. The van der Waals surface area contributed by atoms with Crippen LogP contribution in [0, 0.1) is 11.3 Å². The molecule has 1 aromatic carbocycles. The van der Waals surface area contributed by atoms with Gasteiger partial charge in [0.2, 0.25) is 0 Å². The van der Waals surface area contributed by atoms with Crippen LogP contribution >= 0.6 is 11.3 Å². The second-order valence-electron chi connectivity index (χ2n) is 5.69. The van der Waals surface area contributed by atoms with Gasteiger partial charge in [-0.1, -0.05) is 18.2 Å². The van der Waals surface area contributed by atoms with Crippen molar-refractivity contribution in [2.24, 2.45) is 0 Å². The highest BCUT2D eigenvalue weighted by atomic mass is 32.1. The number of benzene rings is 1. The van der Waals surface area contributed by atoms with Gasteiger partial charge < -0.3 is 15.3 Å². The molecule has 1 heterocycles. The van der Waals surface area contributed by atoms with Crippen molar-refractivity contribution in [1.29, 1.82) is 5.26 Å². The van der Waals surface area contributed by atoms with E-state index in [1.807, 2.05) is 36.4 Å². The lowest BCUT2D eigenvalue weighted by atomic mass is 10.1. The van der Waals surface area contributed by atoms with Gasteiger partial charge in [0.1, 0.15) is 10.9 Å². The van der Waals surface area contributed by atoms with E-state index >= 15 is 0 Å². The third kappa shape index (κ3) is 5.08. The number of hydrogen-bond acceptors (Lipinski definition) is 4. The third-order valence-corrected chi connectivity index (χ3v) is 4.64. The van der Waals surface area contributed by atoms with E-state index in [0.29, 0.717) is 24.4 Å². The molecule has 2 rings (SSSR count). The summed E-state index contributed by atoms with van der Waals surface area (Å²) in [7, 11) is 1.71. The maximum atomic E-state index is 12.0. The quantitative estimate of drug-likeness (QED) is 0.845. The Bertz CT molecular complexity index is 734. The van der Waals surface area contributed by atoms with Gasteiger partial charge in [-0.05, 0) is 42.7 Å². The zero-order valence-corrected chi connectivity index (χ0v) is 14.6. The number of thiophene rings is 1. The van der Waals surface area contributed by atoms with Crippen LogP contribution in [0.4, 0.5) is 4.79 Å². The Balaban J connectivity index is 1.95. The second-order valence-corrected chi connectivity index (χ2v) is 6.78. The maximum Gasteiger partial charge on any atom is 0.317 e. The second kappa shape index (κ2) is 8.48. The minimum Gasteiger partial charge on any atom is -0.393 e. The highest BCUT2D eigenvalue weighted by Crippen LogP contribution is 2.28. The Morgan fingerprint density at radius 2 is 2.21 bits per heavy atom. The van der Waals surface area contributed by atoms with E-state index in [1.54, 1.807) is 18.9 Å². The van der Waals surface area contributed by atoms with Crippen LogP contribution in [-0.2, 0) is 6.54 Å². The molecule has 0 radical (unpaired) electrons. The average molecular weight is 343 g/mol. The summed E-state index contributed by atoms with van der Waals surface area (Å²) in [6.45, 7) is 2.65. The first-order valence-corrected chi connectivity index (χ1v) is 8.57. The third-order valence-electron chi connectivity index (χ3n) is 3.60. The highest BCUT2D eigenvalue weighted by molar-refractivity contribution is 7.16. The molecule has 0 fully saturated rings. The number of carbonyl (C=O) groups is 1. The molecule has 2 aromatic rings. The zero-order valence-electron chi connectivity index (χ0n) is 13.8. The molecule has 0 saturated heterocycles. The topological polar surface area (TPSA) is 76.4 Å². The minimum absolute atomic E-state index is 0.163. The fourth-order valence-corrected chi connectivity index (χ4v) is 2.98. The SMILES string of the molecule is CC(O)CCN(C)C(=O)NCc1cccc(-c2ccc(C#N)s2)c1. The first-order valence-electron chi connectivity index (χ1n) is 7.76. The summed E-state index contributed by atoms with van der Waals surface area (Å²) >= 11 is 1.45. The molecule has 126 valence electrons. The number of nitrogens with zero attached hydrogens (tertiary/aromatic N) is 2. The summed E-state index contributed by atoms with van der Waals surface area (Å²) in [6.07, 6.45) is 0.139. The Morgan fingerprint density at radius 1 is 1.42 bits per heavy atom. The van der Waals surface area contributed by atoms with Gasteiger partial charge >= 0.3 is 6.03 Å². The Morgan fingerprint density at radius 3 is 2.88 bits per heavy atom. The lowest BCUT2D eigenvalue weighted by Crippen LogP contribution is -2.38. The van der Waals surface area contributed by atoms with Crippen LogP contribution in [0.15, 0.2) is 36.4 Å². The molecular formula is C18H21N3O2S. The number of nitriles is 1. The summed E-state index contributed by atoms with van der Waals surface area (Å²) in [5, 5.41) is 21.1. The molecule has 2 amide bonds. The molecule has 1 aromatic heterocycles. The van der Waals surface area contributed by atoms with Crippen molar-refractivity contribution in [2.75, 3.05) is 13.6 Å². The molecular weight excluding hydrogens is 322 g/mol. The summed E-state index contributed by atoms with van der Waals surface area (Å²) in [5.41, 5.74) is 2.03. The number of nitrogens with one attached hydrogen (secondary N) is 1. The molecule has 0 bridgehead atoms. The number of aliphatic hydroxyl groups excluding tert-OH is 1. The monoisotopic (exact) mass is 343 g/mol. The van der Waals surface area contributed by atoms with Gasteiger partial charge in [0.25, 0.3) is 0 Å². The molecule has 0 aliphatic carbocycles. The van der Waals surface area contributed by atoms with E-state index in [2.05, 4.69) is 11.4 Å². The zero-order chi connectivity index (χ0) is 17.5. The van der Waals surface area contributed by atoms with Crippen molar-refractivity contribution in [3.8, 4) is 16.5 Å². The average Bonchev–Trinajstić information content (AvgIpc) is 3.07. The molecule has 5 nitrogen and oxygen atoms in total. The minimum atomic E-state index is -0.416. The van der Waals surface area contributed by atoms with Crippen LogP contribution in [0.1, 0.15) is 23.8 Å². The normalized spacial score (nSPS) is 11.6. The maximum absolute atomic E-state index is 12.0. The fourth-order valence-electron chi connectivity index (χ4n) is 2.18. The van der Waals surface area contributed by atoms with Crippen molar-refractivity contribution in [2.45, 2.75) is 26.0 Å². The standard InChI is InChI=1S/C18H21N3O2S/c1-13(22)8-9-21(2)18(23)20-12-14-4-3-5-15(10-14)17-7-6-16(11-19)24-17/h3-7,10,13,22H,8-9,12H2,1-2H3,(H,20,23). The van der Waals surface area contributed by atoms with Gasteiger partial charge in [0.15, 0.2) is 0 Å². The number of rotatable bonds is 6. The predicted octanol–water partition coefficient (Wildman–Crippen LogP) is 3.20. The molecule has 1 atom stereocenters. The van der Waals surface area contributed by atoms with Crippen LogP contribution < -0.4 is 5.32 Å². The summed E-state index contributed by atoms with van der Waals surface area (Å²) < 4.78 is 0. The van der Waals surface area contributed by atoms with E-state index in [4.69, 9.17) is 5.26 Å². The summed E-state index contributed by atoms with van der Waals surface area (Å²) in [6, 6.07) is 13.6. The van der Waals surface area contributed by atoms with Gasteiger partial charge in [-0.2, -0.15) is 5.26 Å². The molecule has 2 N–H and O–H groups in total. The first kappa shape index (κ1) is 18.0. The molecule has 6 heteroatoms. The van der Waals surface area contributed by atoms with Crippen molar-refractivity contribution in [1.82, 2.24) is 10.2 Å². The summed E-state index contributed by atoms with van der Waals surface area (Å²) in [4.78, 5) is 15.3. The Labute approximate surface area is 146 Å².